The van der Waals surface area contributed by atoms with E-state index in [0.29, 0.717) is 22.3 Å². The van der Waals surface area contributed by atoms with E-state index < -0.39 is 0 Å². The van der Waals surface area contributed by atoms with Crippen molar-refractivity contribution in [3.05, 3.63) is 28.2 Å². The van der Waals surface area contributed by atoms with Crippen LogP contribution in [0.1, 0.15) is 29.6 Å². The number of nitrogens with two attached hydrogens (primary N) is 1. The fraction of sp³-hybridized carbons (Fsp3) is 0.417. The summed E-state index contributed by atoms with van der Waals surface area (Å²) in [7, 11) is 0. The number of rotatable bonds is 6. The second-order valence-electron chi connectivity index (χ2n) is 3.63. The van der Waals surface area contributed by atoms with Crippen LogP contribution in [-0.4, -0.2) is 24.3 Å². The highest BCUT2D eigenvalue weighted by Gasteiger charge is 2.12. The predicted octanol–water partition coefficient (Wildman–Crippen LogP) is 2.35. The molecule has 0 saturated carbocycles. The van der Waals surface area contributed by atoms with Gasteiger partial charge in [-0.05, 0) is 47.3 Å². The molecule has 17 heavy (non-hydrogen) atoms. The van der Waals surface area contributed by atoms with Gasteiger partial charge in [0, 0.05) is 12.3 Å². The van der Waals surface area contributed by atoms with E-state index in [1.54, 1.807) is 18.2 Å². The fourth-order valence-electron chi connectivity index (χ4n) is 1.34. The highest BCUT2D eigenvalue weighted by atomic mass is 79.9. The Bertz CT molecular complexity index is 382. The molecule has 0 amide bonds. The Balaban J connectivity index is 2.44. The monoisotopic (exact) mass is 301 g/mol. The van der Waals surface area contributed by atoms with Gasteiger partial charge in [0.15, 0.2) is 0 Å². The minimum Gasteiger partial charge on any atom is -0.462 e. The normalized spacial score (nSPS) is 10.2. The van der Waals surface area contributed by atoms with Gasteiger partial charge in [0.25, 0.3) is 0 Å². The minimum absolute atomic E-state index is 0.175. The summed E-state index contributed by atoms with van der Waals surface area (Å²) in [6.45, 7) is 0.536. The van der Waals surface area contributed by atoms with E-state index in [4.69, 9.17) is 15.6 Å². The average molecular weight is 302 g/mol. The van der Waals surface area contributed by atoms with E-state index in [1.165, 1.54) is 0 Å². The molecular weight excluding hydrogens is 286 g/mol. The molecule has 0 unspecified atom stereocenters. The maximum absolute atomic E-state index is 11.7. The summed E-state index contributed by atoms with van der Waals surface area (Å²) in [6.07, 6.45) is 2.34. The van der Waals surface area contributed by atoms with Crippen molar-refractivity contribution in [2.45, 2.75) is 19.3 Å². The number of ether oxygens (including phenoxy) is 1. The highest BCUT2D eigenvalue weighted by molar-refractivity contribution is 9.10. The molecule has 3 N–H and O–H groups in total. The maximum atomic E-state index is 11.7. The highest BCUT2D eigenvalue weighted by Crippen LogP contribution is 2.24. The summed E-state index contributed by atoms with van der Waals surface area (Å²) < 4.78 is 5.67. The lowest BCUT2D eigenvalue weighted by atomic mass is 10.2. The van der Waals surface area contributed by atoms with E-state index in [9.17, 15) is 4.79 Å². The lowest BCUT2D eigenvalue weighted by Gasteiger charge is -2.07. The molecule has 5 heteroatoms. The number of carbonyl (C=O) groups excluding carboxylic acids is 1. The number of aliphatic hydroxyl groups is 1. The molecule has 0 radical (unpaired) electrons. The third-order valence-electron chi connectivity index (χ3n) is 2.28. The van der Waals surface area contributed by atoms with Crippen molar-refractivity contribution in [3.8, 4) is 0 Å². The van der Waals surface area contributed by atoms with Crippen molar-refractivity contribution < 1.29 is 14.6 Å². The zero-order valence-electron chi connectivity index (χ0n) is 9.49. The van der Waals surface area contributed by atoms with E-state index in [2.05, 4.69) is 15.9 Å². The van der Waals surface area contributed by atoms with Crippen LogP contribution in [0.2, 0.25) is 0 Å². The first kappa shape index (κ1) is 14.0. The quantitative estimate of drug-likeness (QED) is 0.480. The number of hydrogen-bond donors (Lipinski definition) is 2. The molecule has 0 aliphatic carbocycles. The van der Waals surface area contributed by atoms with Crippen molar-refractivity contribution in [2.24, 2.45) is 0 Å². The first-order chi connectivity index (χ1) is 8.16. The Labute approximate surface area is 109 Å². The lowest BCUT2D eigenvalue weighted by Crippen LogP contribution is -2.08. The number of halogens is 1. The number of unbranched alkanes of at least 4 members (excludes halogenated alkanes) is 2. The van der Waals surface area contributed by atoms with E-state index >= 15 is 0 Å². The molecule has 0 atom stereocenters. The molecule has 0 fully saturated rings. The smallest absolute Gasteiger partial charge is 0.339 e. The molecule has 1 aromatic rings. The van der Waals surface area contributed by atoms with Crippen LogP contribution >= 0.6 is 15.9 Å². The van der Waals surface area contributed by atoms with Crippen LogP contribution in [-0.2, 0) is 4.74 Å². The van der Waals surface area contributed by atoms with Gasteiger partial charge < -0.3 is 15.6 Å². The standard InChI is InChI=1S/C12H16BrNO3/c13-11-9(5-4-6-10(11)14)12(16)17-8-3-1-2-7-15/h4-6,15H,1-3,7-8,14H2. The molecule has 0 aliphatic heterocycles. The summed E-state index contributed by atoms with van der Waals surface area (Å²) in [4.78, 5) is 11.7. The van der Waals surface area contributed by atoms with E-state index in [1.807, 2.05) is 0 Å². The average Bonchev–Trinajstić information content (AvgIpc) is 2.32. The molecule has 0 aromatic heterocycles. The van der Waals surface area contributed by atoms with Crippen LogP contribution in [0.5, 0.6) is 0 Å². The Morgan fingerprint density at radius 2 is 2.12 bits per heavy atom. The number of hydrogen-bond acceptors (Lipinski definition) is 4. The number of carbonyl (C=O) groups is 1. The molecule has 1 aromatic carbocycles. The Morgan fingerprint density at radius 3 is 2.82 bits per heavy atom. The molecule has 0 spiro atoms. The summed E-state index contributed by atoms with van der Waals surface area (Å²) in [5.41, 5.74) is 6.62. The minimum atomic E-state index is -0.381. The van der Waals surface area contributed by atoms with Crippen molar-refractivity contribution in [2.75, 3.05) is 18.9 Å². The Hall–Kier alpha value is -1.07. The van der Waals surface area contributed by atoms with Gasteiger partial charge >= 0.3 is 5.97 Å². The molecular formula is C12H16BrNO3. The summed E-state index contributed by atoms with van der Waals surface area (Å²) in [6, 6.07) is 5.08. The summed E-state index contributed by atoms with van der Waals surface area (Å²) in [5.74, 6) is -0.381. The van der Waals surface area contributed by atoms with Gasteiger partial charge in [0.1, 0.15) is 0 Å². The first-order valence-corrected chi connectivity index (χ1v) is 6.28. The molecule has 1 rings (SSSR count). The summed E-state index contributed by atoms with van der Waals surface area (Å²) >= 11 is 3.26. The molecule has 94 valence electrons. The van der Waals surface area contributed by atoms with Gasteiger partial charge in [-0.25, -0.2) is 4.79 Å². The van der Waals surface area contributed by atoms with Gasteiger partial charge in [-0.3, -0.25) is 0 Å². The maximum Gasteiger partial charge on any atom is 0.339 e. The van der Waals surface area contributed by atoms with Crippen LogP contribution in [0.3, 0.4) is 0 Å². The number of benzene rings is 1. The Kier molecular flexibility index (Phi) is 6.00. The van der Waals surface area contributed by atoms with Crippen LogP contribution in [0.15, 0.2) is 22.7 Å². The lowest BCUT2D eigenvalue weighted by molar-refractivity contribution is 0.0496. The molecule has 4 nitrogen and oxygen atoms in total. The van der Waals surface area contributed by atoms with Gasteiger partial charge in [-0.1, -0.05) is 6.07 Å². The zero-order chi connectivity index (χ0) is 12.7. The van der Waals surface area contributed by atoms with Gasteiger partial charge in [0.2, 0.25) is 0 Å². The van der Waals surface area contributed by atoms with Crippen LogP contribution in [0, 0.1) is 0 Å². The van der Waals surface area contributed by atoms with Crippen LogP contribution < -0.4 is 5.73 Å². The zero-order valence-corrected chi connectivity index (χ0v) is 11.1. The molecule has 0 heterocycles. The van der Waals surface area contributed by atoms with Crippen LogP contribution in [0.25, 0.3) is 0 Å². The second kappa shape index (κ2) is 7.29. The van der Waals surface area contributed by atoms with Gasteiger partial charge in [0.05, 0.1) is 16.6 Å². The van der Waals surface area contributed by atoms with E-state index in [0.717, 1.165) is 19.3 Å². The number of aliphatic hydroxyl groups excluding tert-OH is 1. The number of anilines is 1. The van der Waals surface area contributed by atoms with Gasteiger partial charge in [-0.15, -0.1) is 0 Å². The third kappa shape index (κ3) is 4.36. The van der Waals surface area contributed by atoms with Crippen molar-refractivity contribution >= 4 is 27.6 Å². The van der Waals surface area contributed by atoms with Crippen LogP contribution in [0.4, 0.5) is 5.69 Å². The summed E-state index contributed by atoms with van der Waals surface area (Å²) in [5, 5.41) is 8.59. The van der Waals surface area contributed by atoms with Crippen molar-refractivity contribution in [1.29, 1.82) is 0 Å². The first-order valence-electron chi connectivity index (χ1n) is 5.48. The predicted molar refractivity (Wildman–Crippen MR) is 69.8 cm³/mol. The largest absolute Gasteiger partial charge is 0.462 e. The Morgan fingerprint density at radius 1 is 1.35 bits per heavy atom. The number of nitrogen functional groups attached to an aromatic ring is 1. The van der Waals surface area contributed by atoms with Crippen molar-refractivity contribution in [1.82, 2.24) is 0 Å². The molecule has 0 bridgehead atoms. The third-order valence-corrected chi connectivity index (χ3v) is 3.17. The molecule has 0 saturated heterocycles. The fourth-order valence-corrected chi connectivity index (χ4v) is 1.77. The van der Waals surface area contributed by atoms with Crippen molar-refractivity contribution in [3.63, 3.8) is 0 Å². The topological polar surface area (TPSA) is 72.6 Å². The SMILES string of the molecule is Nc1cccc(C(=O)OCCCCCO)c1Br. The number of esters is 1. The molecule has 0 aliphatic rings. The second-order valence-corrected chi connectivity index (χ2v) is 4.42. The van der Waals surface area contributed by atoms with E-state index in [-0.39, 0.29) is 12.6 Å². The van der Waals surface area contributed by atoms with Gasteiger partial charge in [-0.2, -0.15) is 0 Å².